The normalized spacial score (nSPS) is 10.3. The third-order valence-electron chi connectivity index (χ3n) is 1.72. The third-order valence-corrected chi connectivity index (χ3v) is 2.31. The smallest absolute Gasteiger partial charge is 0.321 e. The number of hydrogen-bond donors (Lipinski definition) is 0. The number of aromatic nitrogens is 3. The van der Waals surface area contributed by atoms with Crippen LogP contribution in [0, 0.1) is 0 Å². The van der Waals surface area contributed by atoms with E-state index in [4.69, 9.17) is 16.3 Å². The van der Waals surface area contributed by atoms with Crippen molar-refractivity contribution in [1.29, 1.82) is 0 Å². The Morgan fingerprint density at radius 2 is 2.00 bits per heavy atom. The van der Waals surface area contributed by atoms with Crippen molar-refractivity contribution in [3.63, 3.8) is 0 Å². The van der Waals surface area contributed by atoms with Crippen LogP contribution in [0.4, 0.5) is 0 Å². The van der Waals surface area contributed by atoms with Gasteiger partial charge in [0.1, 0.15) is 5.75 Å². The van der Waals surface area contributed by atoms with E-state index in [0.29, 0.717) is 21.5 Å². The molecule has 0 saturated heterocycles. The largest absolute Gasteiger partial charge is 0.424 e. The van der Waals surface area contributed by atoms with Crippen molar-refractivity contribution in [2.24, 2.45) is 7.05 Å². The lowest BCUT2D eigenvalue weighted by Gasteiger charge is -2.02. The lowest BCUT2D eigenvalue weighted by atomic mass is 10.3. The van der Waals surface area contributed by atoms with Gasteiger partial charge in [-0.25, -0.2) is 4.68 Å². The minimum atomic E-state index is 0.421. The molecular weight excluding hydrogens is 281 g/mol. The first-order chi connectivity index (χ1) is 7.15. The molecule has 0 spiro atoms. The number of nitrogens with zero attached hydrogens (tertiary/aromatic N) is 3. The van der Waals surface area contributed by atoms with Gasteiger partial charge in [-0.05, 0) is 40.2 Å². The molecule has 4 nitrogen and oxygen atoms in total. The number of halogens is 2. The summed E-state index contributed by atoms with van der Waals surface area (Å²) in [7, 11) is 1.75. The fourth-order valence-electron chi connectivity index (χ4n) is 1.04. The number of rotatable bonds is 2. The van der Waals surface area contributed by atoms with Gasteiger partial charge in [-0.15, -0.1) is 5.10 Å². The van der Waals surface area contributed by atoms with Gasteiger partial charge < -0.3 is 4.74 Å². The Morgan fingerprint density at radius 1 is 1.33 bits per heavy atom. The summed E-state index contributed by atoms with van der Waals surface area (Å²) in [6.07, 6.45) is 0. The summed E-state index contributed by atoms with van der Waals surface area (Å²) in [4.78, 5) is 4.04. The highest BCUT2D eigenvalue weighted by molar-refractivity contribution is 9.10. The molecule has 0 aliphatic rings. The molecule has 15 heavy (non-hydrogen) atoms. The van der Waals surface area contributed by atoms with Gasteiger partial charge in [-0.2, -0.15) is 4.98 Å². The molecule has 1 aromatic carbocycles. The van der Waals surface area contributed by atoms with E-state index in [2.05, 4.69) is 26.0 Å². The second kappa shape index (κ2) is 4.20. The molecular formula is C9H7BrClN3O. The molecule has 6 heteroatoms. The molecule has 0 aliphatic heterocycles. The van der Waals surface area contributed by atoms with Crippen molar-refractivity contribution in [2.75, 3.05) is 0 Å². The Balaban J connectivity index is 2.21. The van der Waals surface area contributed by atoms with Crippen LogP contribution in [-0.4, -0.2) is 14.8 Å². The Labute approximate surface area is 100.0 Å². The molecule has 0 amide bonds. The SMILES string of the molecule is Cn1nc(Br)nc1Oc1ccc(Cl)cc1. The average molecular weight is 289 g/mol. The molecule has 0 N–H and O–H groups in total. The lowest BCUT2D eigenvalue weighted by molar-refractivity contribution is 0.415. The molecule has 0 atom stereocenters. The second-order valence-electron chi connectivity index (χ2n) is 2.84. The molecule has 1 heterocycles. The Hall–Kier alpha value is -1.07. The Kier molecular flexibility index (Phi) is 2.93. The molecule has 2 rings (SSSR count). The minimum Gasteiger partial charge on any atom is -0.424 e. The van der Waals surface area contributed by atoms with Crippen LogP contribution < -0.4 is 4.74 Å². The highest BCUT2D eigenvalue weighted by Gasteiger charge is 2.06. The third kappa shape index (κ3) is 2.49. The van der Waals surface area contributed by atoms with Crippen LogP contribution in [0.25, 0.3) is 0 Å². The van der Waals surface area contributed by atoms with Crippen molar-refractivity contribution in [1.82, 2.24) is 14.8 Å². The van der Waals surface area contributed by atoms with Crippen molar-refractivity contribution in [2.45, 2.75) is 0 Å². The number of ether oxygens (including phenoxy) is 1. The highest BCUT2D eigenvalue weighted by atomic mass is 79.9. The van der Waals surface area contributed by atoms with Crippen LogP contribution in [0.2, 0.25) is 5.02 Å². The Bertz CT molecular complexity index is 469. The molecule has 78 valence electrons. The van der Waals surface area contributed by atoms with E-state index >= 15 is 0 Å². The zero-order valence-electron chi connectivity index (χ0n) is 7.82. The fraction of sp³-hybridized carbons (Fsp3) is 0.111. The van der Waals surface area contributed by atoms with Crippen LogP contribution in [0.3, 0.4) is 0 Å². The monoisotopic (exact) mass is 287 g/mol. The summed E-state index contributed by atoms with van der Waals surface area (Å²) < 4.78 is 7.52. The van der Waals surface area contributed by atoms with Crippen molar-refractivity contribution >= 4 is 27.5 Å². The van der Waals surface area contributed by atoms with Crippen LogP contribution in [0.1, 0.15) is 0 Å². The fourth-order valence-corrected chi connectivity index (χ4v) is 1.55. The maximum Gasteiger partial charge on any atom is 0.321 e. The minimum absolute atomic E-state index is 0.421. The van der Waals surface area contributed by atoms with Gasteiger partial charge in [0.15, 0.2) is 0 Å². The van der Waals surface area contributed by atoms with Crippen LogP contribution in [0.5, 0.6) is 11.8 Å². The summed E-state index contributed by atoms with van der Waals surface area (Å²) >= 11 is 8.92. The van der Waals surface area contributed by atoms with Gasteiger partial charge in [-0.1, -0.05) is 11.6 Å². The molecule has 0 fully saturated rings. The van der Waals surface area contributed by atoms with Crippen molar-refractivity contribution in [3.8, 4) is 11.8 Å². The number of aryl methyl sites for hydroxylation is 1. The molecule has 0 aliphatic carbocycles. The Morgan fingerprint density at radius 3 is 2.53 bits per heavy atom. The van der Waals surface area contributed by atoms with Crippen molar-refractivity contribution in [3.05, 3.63) is 34.0 Å². The zero-order valence-corrected chi connectivity index (χ0v) is 10.2. The number of benzene rings is 1. The van der Waals surface area contributed by atoms with Gasteiger partial charge in [0.25, 0.3) is 0 Å². The second-order valence-corrected chi connectivity index (χ2v) is 3.99. The molecule has 1 aromatic heterocycles. The van der Waals surface area contributed by atoms with E-state index in [1.807, 2.05) is 0 Å². The maximum atomic E-state index is 5.75. The van der Waals surface area contributed by atoms with E-state index in [0.717, 1.165) is 0 Å². The first-order valence-corrected chi connectivity index (χ1v) is 5.32. The highest BCUT2D eigenvalue weighted by Crippen LogP contribution is 2.21. The molecule has 0 unspecified atom stereocenters. The lowest BCUT2D eigenvalue weighted by Crippen LogP contribution is -1.95. The van der Waals surface area contributed by atoms with Crippen LogP contribution >= 0.6 is 27.5 Å². The van der Waals surface area contributed by atoms with Gasteiger partial charge in [-0.3, -0.25) is 0 Å². The van der Waals surface area contributed by atoms with E-state index in [1.54, 1.807) is 36.0 Å². The summed E-state index contributed by atoms with van der Waals surface area (Å²) in [5.74, 6) is 0.669. The average Bonchev–Trinajstić information content (AvgIpc) is 2.49. The van der Waals surface area contributed by atoms with Gasteiger partial charge in [0.2, 0.25) is 4.73 Å². The summed E-state index contributed by atoms with van der Waals surface area (Å²) in [5, 5.41) is 4.66. The predicted molar refractivity (Wildman–Crippen MR) is 60.2 cm³/mol. The van der Waals surface area contributed by atoms with E-state index in [9.17, 15) is 0 Å². The first kappa shape index (κ1) is 10.4. The number of hydrogen-bond acceptors (Lipinski definition) is 3. The van der Waals surface area contributed by atoms with Gasteiger partial charge >= 0.3 is 6.01 Å². The summed E-state index contributed by atoms with van der Waals surface area (Å²) in [6.45, 7) is 0. The van der Waals surface area contributed by atoms with Crippen LogP contribution in [0.15, 0.2) is 29.0 Å². The first-order valence-electron chi connectivity index (χ1n) is 4.15. The predicted octanol–water partition coefficient (Wildman–Crippen LogP) is 3.02. The van der Waals surface area contributed by atoms with E-state index in [-0.39, 0.29) is 0 Å². The van der Waals surface area contributed by atoms with E-state index in [1.165, 1.54) is 0 Å². The standard InChI is InChI=1S/C9H7BrClN3O/c1-14-9(12-8(10)13-14)15-7-4-2-6(11)3-5-7/h2-5H,1H3. The molecule has 0 radical (unpaired) electrons. The molecule has 0 bridgehead atoms. The maximum absolute atomic E-state index is 5.75. The topological polar surface area (TPSA) is 39.9 Å². The van der Waals surface area contributed by atoms with Gasteiger partial charge in [0.05, 0.1) is 0 Å². The quantitative estimate of drug-likeness (QED) is 0.853. The summed E-state index contributed by atoms with van der Waals surface area (Å²) in [6, 6.07) is 7.46. The van der Waals surface area contributed by atoms with E-state index < -0.39 is 0 Å². The zero-order chi connectivity index (χ0) is 10.8. The summed E-state index contributed by atoms with van der Waals surface area (Å²) in [5.41, 5.74) is 0. The molecule has 2 aromatic rings. The molecule has 0 saturated carbocycles. The van der Waals surface area contributed by atoms with Gasteiger partial charge in [0, 0.05) is 12.1 Å². The van der Waals surface area contributed by atoms with Crippen LogP contribution in [-0.2, 0) is 7.05 Å². The van der Waals surface area contributed by atoms with Crippen molar-refractivity contribution < 1.29 is 4.74 Å².